The first kappa shape index (κ1) is 25.1. The van der Waals surface area contributed by atoms with Gasteiger partial charge in [-0.15, -0.1) is 0 Å². The van der Waals surface area contributed by atoms with Gasteiger partial charge < -0.3 is 4.74 Å². The zero-order valence-electron chi connectivity index (χ0n) is 19.4. The first-order valence-electron chi connectivity index (χ1n) is 11.2. The molecule has 8 heteroatoms. The lowest BCUT2D eigenvalue weighted by Gasteiger charge is -2.19. The maximum atomic E-state index is 13.7. The maximum Gasteiger partial charge on any atom is 0.346 e. The molecule has 0 radical (unpaired) electrons. The van der Waals surface area contributed by atoms with E-state index in [9.17, 15) is 14.4 Å². The normalized spacial score (nSPS) is 10.9. The van der Waals surface area contributed by atoms with Crippen LogP contribution in [0, 0.1) is 4.77 Å². The van der Waals surface area contributed by atoms with E-state index in [4.69, 9.17) is 17.0 Å². The molecular weight excluding hydrogens is 492 g/mol. The van der Waals surface area contributed by atoms with Gasteiger partial charge in [-0.1, -0.05) is 72.8 Å². The summed E-state index contributed by atoms with van der Waals surface area (Å²) in [7, 11) is 0. The molecule has 0 atom stereocenters. The zero-order chi connectivity index (χ0) is 25.5. The van der Waals surface area contributed by atoms with Crippen molar-refractivity contribution in [2.24, 2.45) is 0 Å². The van der Waals surface area contributed by atoms with Gasteiger partial charge in [0.1, 0.15) is 5.03 Å². The minimum atomic E-state index is -0.825. The molecule has 0 unspecified atom stereocenters. The van der Waals surface area contributed by atoms with Gasteiger partial charge in [0.2, 0.25) is 5.12 Å². The molecule has 0 spiro atoms. The van der Waals surface area contributed by atoms with Crippen molar-refractivity contribution in [3.63, 3.8) is 0 Å². The first-order valence-corrected chi connectivity index (χ1v) is 12.4. The Kier molecular flexibility index (Phi) is 8.10. The Morgan fingerprint density at radius 1 is 0.861 bits per heavy atom. The van der Waals surface area contributed by atoms with E-state index in [1.165, 1.54) is 10.6 Å². The third-order valence-electron chi connectivity index (χ3n) is 5.13. The first-order chi connectivity index (χ1) is 17.5. The van der Waals surface area contributed by atoms with Gasteiger partial charge in [0.15, 0.2) is 10.3 Å². The highest BCUT2D eigenvalue weighted by Crippen LogP contribution is 2.28. The third kappa shape index (κ3) is 5.45. The van der Waals surface area contributed by atoms with Gasteiger partial charge in [-0.25, -0.2) is 4.79 Å². The number of hydrogen-bond donors (Lipinski definition) is 0. The van der Waals surface area contributed by atoms with Crippen molar-refractivity contribution in [1.82, 2.24) is 9.13 Å². The smallest absolute Gasteiger partial charge is 0.346 e. The molecule has 1 heterocycles. The van der Waals surface area contributed by atoms with Gasteiger partial charge in [-0.05, 0) is 66.8 Å². The summed E-state index contributed by atoms with van der Waals surface area (Å²) in [5.41, 5.74) is 1.02. The Hall–Kier alpha value is -4.01. The van der Waals surface area contributed by atoms with Gasteiger partial charge in [0, 0.05) is 5.69 Å². The average Bonchev–Trinajstić information content (AvgIpc) is 2.89. The molecular formula is C28H22N2O4S2. The second-order valence-corrected chi connectivity index (χ2v) is 8.85. The van der Waals surface area contributed by atoms with Gasteiger partial charge in [-0.3, -0.25) is 18.7 Å². The van der Waals surface area contributed by atoms with Crippen LogP contribution in [-0.4, -0.2) is 26.8 Å². The van der Waals surface area contributed by atoms with E-state index in [-0.39, 0.29) is 27.1 Å². The third-order valence-corrected chi connectivity index (χ3v) is 6.42. The summed E-state index contributed by atoms with van der Waals surface area (Å²) in [5.74, 6) is -0.825. The van der Waals surface area contributed by atoms with Crippen molar-refractivity contribution >= 4 is 41.1 Å². The van der Waals surface area contributed by atoms with Gasteiger partial charge in [0.25, 0.3) is 5.56 Å². The molecule has 0 fully saturated rings. The molecule has 0 N–H and O–H groups in total. The van der Waals surface area contributed by atoms with Crippen LogP contribution >= 0.6 is 24.0 Å². The van der Waals surface area contributed by atoms with Crippen molar-refractivity contribution in [2.75, 3.05) is 6.61 Å². The second-order valence-electron chi connectivity index (χ2n) is 7.50. The molecule has 180 valence electrons. The van der Waals surface area contributed by atoms with Crippen LogP contribution in [0.5, 0.6) is 0 Å². The van der Waals surface area contributed by atoms with E-state index in [0.717, 1.165) is 17.3 Å². The summed E-state index contributed by atoms with van der Waals surface area (Å²) >= 11 is 6.52. The molecule has 1 aromatic heterocycles. The number of ether oxygens (including phenoxy) is 1. The molecule has 6 nitrogen and oxygen atoms in total. The summed E-state index contributed by atoms with van der Waals surface area (Å²) in [5, 5.41) is -0.273. The predicted molar refractivity (Wildman–Crippen MR) is 144 cm³/mol. The number of esters is 1. The molecule has 0 aliphatic carbocycles. The summed E-state index contributed by atoms with van der Waals surface area (Å²) in [4.78, 5) is 39.9. The van der Waals surface area contributed by atoms with E-state index in [0.29, 0.717) is 11.4 Å². The largest absolute Gasteiger partial charge is 0.462 e. The Morgan fingerprint density at radius 2 is 1.39 bits per heavy atom. The van der Waals surface area contributed by atoms with Crippen molar-refractivity contribution in [3.8, 4) is 11.4 Å². The van der Waals surface area contributed by atoms with Crippen LogP contribution in [0.1, 0.15) is 22.8 Å². The summed E-state index contributed by atoms with van der Waals surface area (Å²) in [6, 6.07) is 27.2. The standard InChI is InChI=1S/C28H22N2O4S2/c1-2-34-27(33)24-25(32)29(21-14-8-4-9-15-21)28(35)30(22-16-10-5-11-17-22)26(24)36-23(31)19-18-20-12-6-3-7-13-20/h3-19H,2H2,1H3/b19-18-. The SMILES string of the molecule is CCOC(=O)c1c(SC(=O)/C=C\c2ccccc2)n(-c2ccccc2)c(=S)n(-c2ccccc2)c1=O. The van der Waals surface area contributed by atoms with E-state index in [2.05, 4.69) is 0 Å². The van der Waals surface area contributed by atoms with Gasteiger partial charge in [0.05, 0.1) is 12.3 Å². The lowest BCUT2D eigenvalue weighted by atomic mass is 10.2. The minimum absolute atomic E-state index is 0.0660. The fourth-order valence-electron chi connectivity index (χ4n) is 3.53. The molecule has 4 rings (SSSR count). The fraction of sp³-hybridized carbons (Fsp3) is 0.0714. The number of para-hydroxylation sites is 2. The van der Waals surface area contributed by atoms with Crippen LogP contribution in [0.4, 0.5) is 0 Å². The molecule has 0 saturated carbocycles. The van der Waals surface area contributed by atoms with Crippen molar-refractivity contribution < 1.29 is 14.3 Å². The number of thioether (sulfide) groups is 1. The summed E-state index contributed by atoms with van der Waals surface area (Å²) in [6.45, 7) is 1.72. The molecule has 3 aromatic carbocycles. The van der Waals surface area contributed by atoms with Crippen LogP contribution in [-0.2, 0) is 9.53 Å². The Labute approximate surface area is 217 Å². The molecule has 36 heavy (non-hydrogen) atoms. The van der Waals surface area contributed by atoms with E-state index < -0.39 is 11.5 Å². The zero-order valence-corrected chi connectivity index (χ0v) is 21.0. The number of nitrogens with zero attached hydrogens (tertiary/aromatic N) is 2. The highest BCUT2D eigenvalue weighted by Gasteiger charge is 2.27. The number of rotatable bonds is 7. The molecule has 0 amide bonds. The van der Waals surface area contributed by atoms with Crippen LogP contribution in [0.2, 0.25) is 0 Å². The van der Waals surface area contributed by atoms with Crippen molar-refractivity contribution in [3.05, 3.63) is 123 Å². The number of hydrogen-bond acceptors (Lipinski definition) is 6. The van der Waals surface area contributed by atoms with Gasteiger partial charge in [-0.2, -0.15) is 0 Å². The monoisotopic (exact) mass is 514 g/mol. The summed E-state index contributed by atoms with van der Waals surface area (Å²) in [6.07, 6.45) is 3.07. The van der Waals surface area contributed by atoms with Gasteiger partial charge >= 0.3 is 5.97 Å². The Morgan fingerprint density at radius 3 is 1.94 bits per heavy atom. The average molecular weight is 515 g/mol. The van der Waals surface area contributed by atoms with E-state index in [1.807, 2.05) is 54.6 Å². The maximum absolute atomic E-state index is 13.7. The number of benzene rings is 3. The quantitative estimate of drug-likeness (QED) is 0.101. The Balaban J connectivity index is 1.96. The summed E-state index contributed by atoms with van der Waals surface area (Å²) < 4.78 is 8.20. The van der Waals surface area contributed by atoms with Crippen molar-refractivity contribution in [1.29, 1.82) is 0 Å². The topological polar surface area (TPSA) is 70.3 Å². The lowest BCUT2D eigenvalue weighted by molar-refractivity contribution is -0.107. The minimum Gasteiger partial charge on any atom is -0.462 e. The Bertz CT molecular complexity index is 1530. The number of aromatic nitrogens is 2. The second kappa shape index (κ2) is 11.6. The van der Waals surface area contributed by atoms with Crippen LogP contribution in [0.3, 0.4) is 0 Å². The van der Waals surface area contributed by atoms with E-state index >= 15 is 0 Å². The van der Waals surface area contributed by atoms with Crippen LogP contribution < -0.4 is 5.56 Å². The number of carbonyl (C=O) groups is 2. The van der Waals surface area contributed by atoms with Crippen molar-refractivity contribution in [2.45, 2.75) is 11.9 Å². The predicted octanol–water partition coefficient (Wildman–Crippen LogP) is 5.87. The molecule has 0 bridgehead atoms. The van der Waals surface area contributed by atoms with Crippen LogP contribution in [0.15, 0.2) is 107 Å². The fourth-order valence-corrected chi connectivity index (χ4v) is 4.86. The molecule has 0 saturated heterocycles. The molecule has 0 aliphatic rings. The van der Waals surface area contributed by atoms with Crippen LogP contribution in [0.25, 0.3) is 17.5 Å². The van der Waals surface area contributed by atoms with E-state index in [1.54, 1.807) is 54.0 Å². The molecule has 4 aromatic rings. The molecule has 0 aliphatic heterocycles. The highest BCUT2D eigenvalue weighted by atomic mass is 32.2. The number of carbonyl (C=O) groups excluding carboxylic acids is 2. The highest BCUT2D eigenvalue weighted by molar-refractivity contribution is 8.14. The lowest BCUT2D eigenvalue weighted by Crippen LogP contribution is -2.32.